The maximum absolute atomic E-state index is 5.85. The number of hydrogen-bond acceptors (Lipinski definition) is 1. The van der Waals surface area contributed by atoms with Crippen molar-refractivity contribution in [2.75, 3.05) is 0 Å². The van der Waals surface area contributed by atoms with Gasteiger partial charge in [0.05, 0.1) is 5.56 Å². The van der Waals surface area contributed by atoms with Gasteiger partial charge >= 0.3 is 0 Å². The zero-order valence-electron chi connectivity index (χ0n) is 11.3. The molecule has 0 amide bonds. The first-order valence-corrected chi connectivity index (χ1v) is 6.64. The van der Waals surface area contributed by atoms with E-state index in [-0.39, 0.29) is 0 Å². The van der Waals surface area contributed by atoms with Crippen LogP contribution in [-0.4, -0.2) is 0 Å². The molecule has 0 aromatic heterocycles. The Bertz CT molecular complexity index is 639. The van der Waals surface area contributed by atoms with Crippen molar-refractivity contribution in [3.8, 4) is 35.7 Å². The van der Waals surface area contributed by atoms with Crippen LogP contribution in [0.2, 0.25) is 0 Å². The molecule has 98 valence electrons. The predicted molar refractivity (Wildman–Crippen MR) is 82.5 cm³/mol. The van der Waals surface area contributed by atoms with Crippen molar-refractivity contribution in [3.63, 3.8) is 0 Å². The summed E-state index contributed by atoms with van der Waals surface area (Å²) >= 11 is 0. The summed E-state index contributed by atoms with van der Waals surface area (Å²) in [6, 6.07) is 17.5. The summed E-state index contributed by atoms with van der Waals surface area (Å²) in [5.41, 5.74) is 0.900. The molecule has 0 aliphatic heterocycles. The fraction of sp³-hybridized carbons (Fsp3) is 0.158. The van der Waals surface area contributed by atoms with Crippen LogP contribution in [0.5, 0.6) is 11.5 Å². The minimum Gasteiger partial charge on any atom is -0.456 e. The summed E-state index contributed by atoms with van der Waals surface area (Å²) < 4.78 is 5.85. The van der Waals surface area contributed by atoms with Gasteiger partial charge in [0.15, 0.2) is 0 Å². The lowest BCUT2D eigenvalue weighted by atomic mass is 10.2. The Labute approximate surface area is 120 Å². The van der Waals surface area contributed by atoms with Crippen LogP contribution < -0.4 is 4.74 Å². The summed E-state index contributed by atoms with van der Waals surface area (Å²) in [6.45, 7) is 0. The number of unbranched alkanes of at least 4 members (excludes halogenated alkanes) is 2. The van der Waals surface area contributed by atoms with E-state index in [4.69, 9.17) is 11.2 Å². The third kappa shape index (κ3) is 4.23. The fourth-order valence-corrected chi connectivity index (χ4v) is 1.71. The van der Waals surface area contributed by atoms with Crippen LogP contribution >= 0.6 is 0 Å². The van der Waals surface area contributed by atoms with Crippen LogP contribution in [0, 0.1) is 24.2 Å². The van der Waals surface area contributed by atoms with Gasteiger partial charge in [-0.25, -0.2) is 0 Å². The van der Waals surface area contributed by atoms with Crippen molar-refractivity contribution in [3.05, 3.63) is 60.2 Å². The molecule has 0 N–H and O–H groups in total. The maximum Gasteiger partial charge on any atom is 0.143 e. The summed E-state index contributed by atoms with van der Waals surface area (Å²) in [7, 11) is 0. The van der Waals surface area contributed by atoms with Crippen molar-refractivity contribution in [1.29, 1.82) is 0 Å². The van der Waals surface area contributed by atoms with Crippen LogP contribution in [-0.2, 0) is 0 Å². The molecule has 0 spiro atoms. The molecule has 1 nitrogen and oxygen atoms in total. The van der Waals surface area contributed by atoms with Crippen molar-refractivity contribution < 1.29 is 4.74 Å². The number of benzene rings is 2. The van der Waals surface area contributed by atoms with E-state index in [9.17, 15) is 0 Å². The first-order valence-electron chi connectivity index (χ1n) is 6.64. The van der Waals surface area contributed by atoms with Gasteiger partial charge in [0.2, 0.25) is 0 Å². The second-order valence-electron chi connectivity index (χ2n) is 4.27. The topological polar surface area (TPSA) is 9.23 Å². The normalized spacial score (nSPS) is 9.15. The van der Waals surface area contributed by atoms with Gasteiger partial charge < -0.3 is 4.74 Å². The van der Waals surface area contributed by atoms with Crippen LogP contribution in [0.1, 0.15) is 24.8 Å². The largest absolute Gasteiger partial charge is 0.456 e. The highest BCUT2D eigenvalue weighted by Crippen LogP contribution is 2.24. The third-order valence-corrected chi connectivity index (χ3v) is 2.70. The van der Waals surface area contributed by atoms with Gasteiger partial charge in [-0.2, -0.15) is 0 Å². The fourth-order valence-electron chi connectivity index (χ4n) is 1.71. The van der Waals surface area contributed by atoms with Crippen LogP contribution in [0.15, 0.2) is 54.6 Å². The average Bonchev–Trinajstić information content (AvgIpc) is 2.50. The highest BCUT2D eigenvalue weighted by atomic mass is 16.5. The van der Waals surface area contributed by atoms with Gasteiger partial charge in [-0.15, -0.1) is 12.3 Å². The predicted octanol–water partition coefficient (Wildman–Crippen LogP) is 4.63. The van der Waals surface area contributed by atoms with Crippen LogP contribution in [0.3, 0.4) is 0 Å². The van der Waals surface area contributed by atoms with E-state index in [1.165, 1.54) is 0 Å². The quantitative estimate of drug-likeness (QED) is 0.575. The van der Waals surface area contributed by atoms with E-state index in [1.807, 2.05) is 54.6 Å². The molecule has 0 saturated carbocycles. The molecule has 0 aliphatic rings. The maximum atomic E-state index is 5.85. The molecule has 0 unspecified atom stereocenters. The molecule has 0 radical (unpaired) electrons. The lowest BCUT2D eigenvalue weighted by Crippen LogP contribution is -1.87. The highest BCUT2D eigenvalue weighted by molar-refractivity contribution is 5.47. The van der Waals surface area contributed by atoms with E-state index in [1.54, 1.807) is 0 Å². The second-order valence-corrected chi connectivity index (χ2v) is 4.27. The minimum absolute atomic E-state index is 0.775. The average molecular weight is 260 g/mol. The Morgan fingerprint density at radius 2 is 1.65 bits per heavy atom. The monoisotopic (exact) mass is 260 g/mol. The molecule has 0 fully saturated rings. The smallest absolute Gasteiger partial charge is 0.143 e. The summed E-state index contributed by atoms with van der Waals surface area (Å²) in [5.74, 6) is 10.5. The summed E-state index contributed by atoms with van der Waals surface area (Å²) in [5, 5.41) is 0. The first kappa shape index (κ1) is 13.8. The second kappa shape index (κ2) is 7.72. The molecule has 0 atom stereocenters. The van der Waals surface area contributed by atoms with Crippen LogP contribution in [0.25, 0.3) is 0 Å². The summed E-state index contributed by atoms with van der Waals surface area (Å²) in [4.78, 5) is 0. The molecule has 0 aliphatic carbocycles. The number of hydrogen-bond donors (Lipinski definition) is 0. The molecule has 0 bridgehead atoms. The standard InChI is InChI=1S/C19H16O/c1-2-3-4-5-7-12-17-13-10-11-16-19(17)20-18-14-8-6-9-15-18/h1,6,8-11,13-16H,3-5H2. The molecule has 1 heteroatoms. The highest BCUT2D eigenvalue weighted by Gasteiger charge is 2.01. The molecule has 2 rings (SSSR count). The molecule has 0 heterocycles. The van der Waals surface area contributed by atoms with Gasteiger partial charge in [0.1, 0.15) is 11.5 Å². The molecule has 20 heavy (non-hydrogen) atoms. The van der Waals surface area contributed by atoms with Gasteiger partial charge in [-0.05, 0) is 30.7 Å². The Morgan fingerprint density at radius 1 is 0.900 bits per heavy atom. The Hall–Kier alpha value is -2.64. The van der Waals surface area contributed by atoms with E-state index in [0.29, 0.717) is 0 Å². The van der Waals surface area contributed by atoms with Crippen molar-refractivity contribution in [2.45, 2.75) is 19.3 Å². The molecular weight excluding hydrogens is 244 g/mol. The number of terminal acetylenes is 1. The van der Waals surface area contributed by atoms with E-state index in [2.05, 4.69) is 17.8 Å². The van der Waals surface area contributed by atoms with E-state index < -0.39 is 0 Å². The zero-order chi connectivity index (χ0) is 14.0. The van der Waals surface area contributed by atoms with Crippen LogP contribution in [0.4, 0.5) is 0 Å². The minimum atomic E-state index is 0.775. The lowest BCUT2D eigenvalue weighted by molar-refractivity contribution is 0.481. The Morgan fingerprint density at radius 3 is 2.45 bits per heavy atom. The zero-order valence-corrected chi connectivity index (χ0v) is 11.3. The SMILES string of the molecule is C#CCCCC#Cc1ccccc1Oc1ccccc1. The Kier molecular flexibility index (Phi) is 5.32. The van der Waals surface area contributed by atoms with E-state index in [0.717, 1.165) is 36.3 Å². The van der Waals surface area contributed by atoms with Gasteiger partial charge in [0.25, 0.3) is 0 Å². The van der Waals surface area contributed by atoms with Gasteiger partial charge in [-0.1, -0.05) is 42.2 Å². The lowest BCUT2D eigenvalue weighted by Gasteiger charge is -2.07. The number of rotatable bonds is 4. The Balaban J connectivity index is 2.08. The number of para-hydroxylation sites is 2. The molecule has 2 aromatic carbocycles. The van der Waals surface area contributed by atoms with Crippen molar-refractivity contribution >= 4 is 0 Å². The molecule has 0 saturated heterocycles. The molecular formula is C19H16O. The third-order valence-electron chi connectivity index (χ3n) is 2.70. The van der Waals surface area contributed by atoms with E-state index >= 15 is 0 Å². The van der Waals surface area contributed by atoms with Crippen molar-refractivity contribution in [1.82, 2.24) is 0 Å². The summed E-state index contributed by atoms with van der Waals surface area (Å²) in [6.07, 6.45) is 7.73. The van der Waals surface area contributed by atoms with Gasteiger partial charge in [-0.3, -0.25) is 0 Å². The number of ether oxygens (including phenoxy) is 1. The first-order chi connectivity index (χ1) is 9.90. The van der Waals surface area contributed by atoms with Gasteiger partial charge in [0, 0.05) is 12.8 Å². The van der Waals surface area contributed by atoms with Crippen molar-refractivity contribution in [2.24, 2.45) is 0 Å². The molecule has 2 aromatic rings.